The van der Waals surface area contributed by atoms with Crippen LogP contribution in [0.3, 0.4) is 0 Å². The molecule has 3 heterocycles. The first-order valence-corrected chi connectivity index (χ1v) is 11.0. The monoisotopic (exact) mass is 382 g/mol. The fourth-order valence-corrected chi connectivity index (χ4v) is 4.98. The van der Waals surface area contributed by atoms with Crippen LogP contribution in [0.15, 0.2) is 24.4 Å². The average Bonchev–Trinajstić information content (AvgIpc) is 3.05. The first-order chi connectivity index (χ1) is 13.6. The Bertz CT molecular complexity index is 828. The summed E-state index contributed by atoms with van der Waals surface area (Å²) in [5, 5.41) is 5.45. The zero-order valence-corrected chi connectivity index (χ0v) is 17.7. The molecule has 0 N–H and O–H groups in total. The molecule has 28 heavy (non-hydrogen) atoms. The van der Waals surface area contributed by atoms with Gasteiger partial charge in [0.25, 0.3) is 0 Å². The number of anilines is 1. The molecule has 4 rings (SSSR count). The summed E-state index contributed by atoms with van der Waals surface area (Å²) in [7, 11) is 0. The molecule has 0 spiro atoms. The number of hydrogen-bond acceptors (Lipinski definition) is 3. The molecule has 1 aromatic carbocycles. The highest BCUT2D eigenvalue weighted by molar-refractivity contribution is 5.94. The smallest absolute Gasteiger partial charge is 0.238 e. The van der Waals surface area contributed by atoms with Crippen molar-refractivity contribution in [2.24, 2.45) is 0 Å². The number of hydrazine groups is 1. The van der Waals surface area contributed by atoms with E-state index in [0.29, 0.717) is 6.04 Å². The van der Waals surface area contributed by atoms with Crippen LogP contribution in [0.25, 0.3) is 10.9 Å². The number of piperidine rings is 2. The predicted molar refractivity (Wildman–Crippen MR) is 116 cm³/mol. The van der Waals surface area contributed by atoms with Gasteiger partial charge in [-0.15, -0.1) is 0 Å². The van der Waals surface area contributed by atoms with Crippen LogP contribution < -0.4 is 5.01 Å². The van der Waals surface area contributed by atoms with Crippen molar-refractivity contribution in [3.05, 3.63) is 30.0 Å². The number of carbonyl (C=O) groups is 1. The molecule has 0 aliphatic carbocycles. The molecule has 0 radical (unpaired) electrons. The molecule has 2 aliphatic heterocycles. The van der Waals surface area contributed by atoms with E-state index in [9.17, 15) is 4.79 Å². The number of aromatic nitrogens is 1. The number of benzene rings is 1. The quantitative estimate of drug-likeness (QED) is 0.787. The Balaban J connectivity index is 1.68. The number of nitrogens with zero attached hydrogens (tertiary/aromatic N) is 4. The number of aryl methyl sites for hydroxylation is 1. The maximum Gasteiger partial charge on any atom is 0.238 e. The van der Waals surface area contributed by atoms with Crippen LogP contribution in [-0.4, -0.2) is 53.1 Å². The van der Waals surface area contributed by atoms with E-state index in [4.69, 9.17) is 0 Å². The summed E-state index contributed by atoms with van der Waals surface area (Å²) in [6, 6.07) is 7.12. The zero-order valence-electron chi connectivity index (χ0n) is 17.7. The largest absolute Gasteiger partial charge is 0.344 e. The lowest BCUT2D eigenvalue weighted by atomic mass is 10.0. The lowest BCUT2D eigenvalue weighted by Gasteiger charge is -2.37. The molecule has 2 saturated heterocycles. The number of carbonyl (C=O) groups excluding carboxylic acids is 1. The summed E-state index contributed by atoms with van der Waals surface area (Å²) in [5.41, 5.74) is 3.60. The van der Waals surface area contributed by atoms with Crippen molar-refractivity contribution in [2.45, 2.75) is 58.9 Å². The number of likely N-dealkylation sites (tertiary alicyclic amines) is 1. The minimum absolute atomic E-state index is 0.104. The van der Waals surface area contributed by atoms with Gasteiger partial charge in [0.1, 0.15) is 0 Å². The van der Waals surface area contributed by atoms with Crippen molar-refractivity contribution in [1.82, 2.24) is 14.5 Å². The molecule has 2 fully saturated rings. The third-order valence-corrected chi connectivity index (χ3v) is 6.57. The minimum Gasteiger partial charge on any atom is -0.344 e. The van der Waals surface area contributed by atoms with Crippen molar-refractivity contribution < 1.29 is 4.79 Å². The average molecular weight is 383 g/mol. The van der Waals surface area contributed by atoms with E-state index in [1.54, 1.807) is 6.92 Å². The highest BCUT2D eigenvalue weighted by atomic mass is 16.2. The molecule has 0 atom stereocenters. The van der Waals surface area contributed by atoms with E-state index >= 15 is 0 Å². The Labute approximate surface area is 168 Å². The Morgan fingerprint density at radius 2 is 1.82 bits per heavy atom. The zero-order chi connectivity index (χ0) is 19.7. The normalized spacial score (nSPS) is 20.0. The summed E-state index contributed by atoms with van der Waals surface area (Å²) < 4.78 is 2.48. The van der Waals surface area contributed by atoms with Gasteiger partial charge in [-0.25, -0.2) is 10.0 Å². The summed E-state index contributed by atoms with van der Waals surface area (Å²) in [6.45, 7) is 11.6. The van der Waals surface area contributed by atoms with Crippen LogP contribution in [-0.2, 0) is 4.79 Å². The molecule has 5 nitrogen and oxygen atoms in total. The number of rotatable bonds is 4. The van der Waals surface area contributed by atoms with E-state index in [-0.39, 0.29) is 5.91 Å². The van der Waals surface area contributed by atoms with Gasteiger partial charge in [-0.3, -0.25) is 4.79 Å². The van der Waals surface area contributed by atoms with Gasteiger partial charge in [0, 0.05) is 50.7 Å². The van der Waals surface area contributed by atoms with Gasteiger partial charge < -0.3 is 9.47 Å². The lowest BCUT2D eigenvalue weighted by molar-refractivity contribution is -0.119. The number of amides is 1. The molecule has 1 amide bonds. The molecular weight excluding hydrogens is 348 g/mol. The summed E-state index contributed by atoms with van der Waals surface area (Å²) >= 11 is 0. The van der Waals surface area contributed by atoms with Gasteiger partial charge in [-0.05, 0) is 56.8 Å². The standard InChI is InChI=1S/C23H34N4O/c1-4-24-14-10-20(11-15-24)26-17-18(2)22-9-8-21(16-23(22)26)27(19(3)28)25-12-6-5-7-13-25/h8-9,16-17,20H,4-7,10-15H2,1-3H3. The maximum absolute atomic E-state index is 12.5. The highest BCUT2D eigenvalue weighted by Gasteiger charge is 2.25. The second kappa shape index (κ2) is 8.26. The first-order valence-electron chi connectivity index (χ1n) is 11.0. The van der Waals surface area contributed by atoms with Crippen LogP contribution in [0.2, 0.25) is 0 Å². The van der Waals surface area contributed by atoms with Crippen molar-refractivity contribution in [3.63, 3.8) is 0 Å². The fraction of sp³-hybridized carbons (Fsp3) is 0.609. The van der Waals surface area contributed by atoms with Gasteiger partial charge >= 0.3 is 0 Å². The van der Waals surface area contributed by atoms with Crippen LogP contribution >= 0.6 is 0 Å². The van der Waals surface area contributed by atoms with Crippen LogP contribution in [0.1, 0.15) is 57.6 Å². The van der Waals surface area contributed by atoms with E-state index in [2.05, 4.69) is 52.7 Å². The molecule has 0 unspecified atom stereocenters. The molecular formula is C23H34N4O. The van der Waals surface area contributed by atoms with E-state index in [1.807, 2.05) is 5.01 Å². The molecule has 0 bridgehead atoms. The SMILES string of the molecule is CCN1CCC(n2cc(C)c3ccc(N(C(C)=O)N4CCCCC4)cc32)CC1. The molecule has 2 aliphatic rings. The predicted octanol–water partition coefficient (Wildman–Crippen LogP) is 4.36. The molecule has 1 aromatic heterocycles. The Morgan fingerprint density at radius 1 is 1.11 bits per heavy atom. The van der Waals surface area contributed by atoms with E-state index < -0.39 is 0 Å². The number of fused-ring (bicyclic) bond motifs is 1. The van der Waals surface area contributed by atoms with Crippen LogP contribution in [0, 0.1) is 6.92 Å². The first kappa shape index (κ1) is 19.5. The van der Waals surface area contributed by atoms with E-state index in [1.165, 1.54) is 48.8 Å². The van der Waals surface area contributed by atoms with Gasteiger partial charge in [0.2, 0.25) is 5.91 Å². The second-order valence-corrected chi connectivity index (χ2v) is 8.43. The summed E-state index contributed by atoms with van der Waals surface area (Å²) in [6.07, 6.45) is 8.31. The lowest BCUT2D eigenvalue weighted by Crippen LogP contribution is -2.48. The van der Waals surface area contributed by atoms with Crippen molar-refractivity contribution in [2.75, 3.05) is 37.7 Å². The van der Waals surface area contributed by atoms with Crippen LogP contribution in [0.5, 0.6) is 0 Å². The van der Waals surface area contributed by atoms with Crippen molar-refractivity contribution in [1.29, 1.82) is 0 Å². The van der Waals surface area contributed by atoms with Crippen molar-refractivity contribution >= 4 is 22.5 Å². The molecule has 0 saturated carbocycles. The molecule has 5 heteroatoms. The van der Waals surface area contributed by atoms with E-state index in [0.717, 1.165) is 38.2 Å². The third kappa shape index (κ3) is 3.70. The van der Waals surface area contributed by atoms with Crippen LogP contribution in [0.4, 0.5) is 5.69 Å². The minimum atomic E-state index is 0.104. The van der Waals surface area contributed by atoms with Gasteiger partial charge in [-0.1, -0.05) is 19.4 Å². The summed E-state index contributed by atoms with van der Waals surface area (Å²) in [4.78, 5) is 15.0. The number of hydrogen-bond donors (Lipinski definition) is 0. The maximum atomic E-state index is 12.5. The summed E-state index contributed by atoms with van der Waals surface area (Å²) in [5.74, 6) is 0.104. The topological polar surface area (TPSA) is 31.7 Å². The molecule has 152 valence electrons. The molecule has 2 aromatic rings. The van der Waals surface area contributed by atoms with Gasteiger partial charge in [0.05, 0.1) is 11.2 Å². The second-order valence-electron chi connectivity index (χ2n) is 8.43. The van der Waals surface area contributed by atoms with Crippen molar-refractivity contribution in [3.8, 4) is 0 Å². The van der Waals surface area contributed by atoms with Gasteiger partial charge in [-0.2, -0.15) is 0 Å². The highest BCUT2D eigenvalue weighted by Crippen LogP contribution is 2.33. The fourth-order valence-electron chi connectivity index (χ4n) is 4.98. The Morgan fingerprint density at radius 3 is 2.46 bits per heavy atom. The Kier molecular flexibility index (Phi) is 5.74. The van der Waals surface area contributed by atoms with Gasteiger partial charge in [0.15, 0.2) is 0 Å². The Hall–Kier alpha value is -1.85. The third-order valence-electron chi connectivity index (χ3n) is 6.57.